The number of pyridine rings is 1. The number of halogens is 2. The van der Waals surface area contributed by atoms with E-state index in [1.807, 2.05) is 19.2 Å². The Bertz CT molecular complexity index is 632. The Morgan fingerprint density at radius 3 is 2.67 bits per heavy atom. The molecule has 1 heterocycles. The van der Waals surface area contributed by atoms with E-state index in [0.29, 0.717) is 17.5 Å². The zero-order valence-electron chi connectivity index (χ0n) is 12.3. The van der Waals surface area contributed by atoms with Gasteiger partial charge in [0.1, 0.15) is 11.6 Å². The summed E-state index contributed by atoms with van der Waals surface area (Å²) in [6.07, 6.45) is 0. The maximum Gasteiger partial charge on any atom is 0.219 e. The van der Waals surface area contributed by atoms with Gasteiger partial charge in [-0.3, -0.25) is 0 Å². The highest BCUT2D eigenvalue weighted by Gasteiger charge is 2.09. The summed E-state index contributed by atoms with van der Waals surface area (Å²) < 4.78 is 18.9. The fourth-order valence-corrected chi connectivity index (χ4v) is 2.07. The molecular weight excluding hydrogens is 291 g/mol. The molecule has 0 unspecified atom stereocenters. The lowest BCUT2D eigenvalue weighted by Gasteiger charge is -2.12. The number of benzene rings is 1. The SMILES string of the molecule is CNCc1cc(Oc2ccc(F)c(Cl)c2)nc(C(C)C)c1. The minimum Gasteiger partial charge on any atom is -0.439 e. The van der Waals surface area contributed by atoms with E-state index in [2.05, 4.69) is 24.1 Å². The molecule has 0 saturated carbocycles. The summed E-state index contributed by atoms with van der Waals surface area (Å²) in [5, 5.41) is 3.13. The van der Waals surface area contributed by atoms with Crippen LogP contribution in [0.25, 0.3) is 0 Å². The average Bonchev–Trinajstić information content (AvgIpc) is 2.43. The van der Waals surface area contributed by atoms with E-state index in [1.54, 1.807) is 0 Å². The number of nitrogens with zero attached hydrogens (tertiary/aromatic N) is 1. The Morgan fingerprint density at radius 1 is 1.29 bits per heavy atom. The predicted octanol–water partition coefficient (Wildman–Crippen LogP) is 4.51. The summed E-state index contributed by atoms with van der Waals surface area (Å²) in [5.74, 6) is 0.768. The van der Waals surface area contributed by atoms with Crippen molar-refractivity contribution in [1.82, 2.24) is 10.3 Å². The Morgan fingerprint density at radius 2 is 2.05 bits per heavy atom. The largest absolute Gasteiger partial charge is 0.439 e. The van der Waals surface area contributed by atoms with Gasteiger partial charge in [-0.05, 0) is 36.7 Å². The van der Waals surface area contributed by atoms with Crippen molar-refractivity contribution < 1.29 is 9.13 Å². The molecule has 0 radical (unpaired) electrons. The first-order chi connectivity index (χ1) is 9.99. The van der Waals surface area contributed by atoms with Crippen molar-refractivity contribution in [2.75, 3.05) is 7.05 Å². The van der Waals surface area contributed by atoms with Crippen LogP contribution in [0.4, 0.5) is 4.39 Å². The van der Waals surface area contributed by atoms with Crippen molar-refractivity contribution in [2.24, 2.45) is 0 Å². The van der Waals surface area contributed by atoms with Gasteiger partial charge < -0.3 is 10.1 Å². The summed E-state index contributed by atoms with van der Waals surface area (Å²) in [7, 11) is 1.88. The second-order valence-corrected chi connectivity index (χ2v) is 5.51. The summed E-state index contributed by atoms with van der Waals surface area (Å²) in [4.78, 5) is 4.48. The maximum absolute atomic E-state index is 13.2. The number of rotatable bonds is 5. The van der Waals surface area contributed by atoms with Crippen molar-refractivity contribution in [1.29, 1.82) is 0 Å². The molecule has 2 aromatic rings. The molecule has 0 spiro atoms. The van der Waals surface area contributed by atoms with Gasteiger partial charge in [0.15, 0.2) is 0 Å². The summed E-state index contributed by atoms with van der Waals surface area (Å²) in [5.41, 5.74) is 2.03. The lowest BCUT2D eigenvalue weighted by atomic mass is 10.1. The molecule has 0 amide bonds. The molecule has 1 aromatic heterocycles. The molecule has 2 rings (SSSR count). The lowest BCUT2D eigenvalue weighted by Crippen LogP contribution is -2.07. The lowest BCUT2D eigenvalue weighted by molar-refractivity contribution is 0.457. The van der Waals surface area contributed by atoms with Gasteiger partial charge in [-0.2, -0.15) is 0 Å². The van der Waals surface area contributed by atoms with Crippen LogP contribution in [0, 0.1) is 5.82 Å². The normalized spacial score (nSPS) is 11.0. The van der Waals surface area contributed by atoms with Gasteiger partial charge >= 0.3 is 0 Å². The van der Waals surface area contributed by atoms with E-state index >= 15 is 0 Å². The zero-order chi connectivity index (χ0) is 15.4. The molecule has 0 aliphatic heterocycles. The minimum absolute atomic E-state index is 0.0305. The first-order valence-corrected chi connectivity index (χ1v) is 7.15. The molecule has 0 aliphatic carbocycles. The van der Waals surface area contributed by atoms with Gasteiger partial charge in [0.2, 0.25) is 5.88 Å². The Hall–Kier alpha value is -1.65. The fraction of sp³-hybridized carbons (Fsp3) is 0.312. The monoisotopic (exact) mass is 308 g/mol. The number of hydrogen-bond acceptors (Lipinski definition) is 3. The highest BCUT2D eigenvalue weighted by atomic mass is 35.5. The van der Waals surface area contributed by atoms with E-state index < -0.39 is 5.82 Å². The van der Waals surface area contributed by atoms with E-state index in [-0.39, 0.29) is 5.02 Å². The second-order valence-electron chi connectivity index (χ2n) is 5.10. The molecule has 0 atom stereocenters. The van der Waals surface area contributed by atoms with E-state index in [9.17, 15) is 4.39 Å². The molecule has 0 bridgehead atoms. The number of hydrogen-bond donors (Lipinski definition) is 1. The second kappa shape index (κ2) is 6.87. The third-order valence-electron chi connectivity index (χ3n) is 2.97. The summed E-state index contributed by atoms with van der Waals surface area (Å²) in [6.45, 7) is 4.87. The van der Waals surface area contributed by atoms with Gasteiger partial charge in [0.25, 0.3) is 0 Å². The van der Waals surface area contributed by atoms with Crippen molar-refractivity contribution >= 4 is 11.6 Å². The smallest absolute Gasteiger partial charge is 0.219 e. The van der Waals surface area contributed by atoms with Crippen LogP contribution >= 0.6 is 11.6 Å². The predicted molar refractivity (Wildman–Crippen MR) is 82.6 cm³/mol. The Balaban J connectivity index is 2.31. The van der Waals surface area contributed by atoms with Gasteiger partial charge in [-0.15, -0.1) is 0 Å². The molecule has 0 fully saturated rings. The third kappa shape index (κ3) is 4.16. The molecular formula is C16H18ClFN2O. The van der Waals surface area contributed by atoms with E-state index in [4.69, 9.17) is 16.3 Å². The van der Waals surface area contributed by atoms with Gasteiger partial charge in [0, 0.05) is 24.4 Å². The molecule has 1 N–H and O–H groups in total. The fourth-order valence-electron chi connectivity index (χ4n) is 1.90. The van der Waals surface area contributed by atoms with Crippen molar-refractivity contribution in [3.05, 3.63) is 52.4 Å². The molecule has 112 valence electrons. The van der Waals surface area contributed by atoms with Crippen molar-refractivity contribution in [3.63, 3.8) is 0 Å². The Labute approximate surface area is 129 Å². The molecule has 1 aromatic carbocycles. The van der Waals surface area contributed by atoms with Crippen LogP contribution in [0.15, 0.2) is 30.3 Å². The van der Waals surface area contributed by atoms with Crippen LogP contribution in [-0.2, 0) is 6.54 Å². The van der Waals surface area contributed by atoms with Crippen LogP contribution < -0.4 is 10.1 Å². The molecule has 0 aliphatic rings. The van der Waals surface area contributed by atoms with E-state index in [1.165, 1.54) is 18.2 Å². The van der Waals surface area contributed by atoms with Gasteiger partial charge in [0.05, 0.1) is 5.02 Å². The number of aromatic nitrogens is 1. The zero-order valence-corrected chi connectivity index (χ0v) is 13.0. The summed E-state index contributed by atoms with van der Waals surface area (Å²) in [6, 6.07) is 8.16. The van der Waals surface area contributed by atoms with E-state index in [0.717, 1.165) is 17.8 Å². The Kier molecular flexibility index (Phi) is 5.15. The highest BCUT2D eigenvalue weighted by Crippen LogP contribution is 2.27. The van der Waals surface area contributed by atoms with Crippen LogP contribution in [-0.4, -0.2) is 12.0 Å². The van der Waals surface area contributed by atoms with Crippen LogP contribution in [0.2, 0.25) is 5.02 Å². The van der Waals surface area contributed by atoms with Gasteiger partial charge in [-0.25, -0.2) is 9.37 Å². The number of nitrogens with one attached hydrogen (secondary N) is 1. The first-order valence-electron chi connectivity index (χ1n) is 6.78. The topological polar surface area (TPSA) is 34.1 Å². The van der Waals surface area contributed by atoms with Crippen molar-refractivity contribution in [3.8, 4) is 11.6 Å². The minimum atomic E-state index is -0.469. The van der Waals surface area contributed by atoms with Crippen LogP contribution in [0.3, 0.4) is 0 Å². The molecule has 21 heavy (non-hydrogen) atoms. The third-order valence-corrected chi connectivity index (χ3v) is 3.26. The number of ether oxygens (including phenoxy) is 1. The van der Waals surface area contributed by atoms with Crippen LogP contribution in [0.5, 0.6) is 11.6 Å². The molecule has 3 nitrogen and oxygen atoms in total. The van der Waals surface area contributed by atoms with Crippen molar-refractivity contribution in [2.45, 2.75) is 26.3 Å². The molecule has 5 heteroatoms. The standard InChI is InChI=1S/C16H18ClFN2O/c1-10(2)15-6-11(9-19-3)7-16(20-15)21-12-4-5-14(18)13(17)8-12/h4-8,10,19H,9H2,1-3H3. The van der Waals surface area contributed by atoms with Crippen LogP contribution in [0.1, 0.15) is 31.0 Å². The highest BCUT2D eigenvalue weighted by molar-refractivity contribution is 6.30. The quantitative estimate of drug-likeness (QED) is 0.882. The maximum atomic E-state index is 13.2. The molecule has 0 saturated heterocycles. The first kappa shape index (κ1) is 15.7. The summed E-state index contributed by atoms with van der Waals surface area (Å²) >= 11 is 5.76. The van der Waals surface area contributed by atoms with Gasteiger partial charge in [-0.1, -0.05) is 25.4 Å². The average molecular weight is 309 g/mol.